The molecule has 0 heterocycles. The van der Waals surface area contributed by atoms with Crippen LogP contribution in [-0.4, -0.2) is 33.0 Å². The molecule has 0 amide bonds. The van der Waals surface area contributed by atoms with Gasteiger partial charge in [0.25, 0.3) is 5.92 Å². The molecular weight excluding hydrogens is 224 g/mol. The lowest BCUT2D eigenvalue weighted by atomic mass is 10.00. The van der Waals surface area contributed by atoms with Gasteiger partial charge in [0.05, 0.1) is 0 Å². The Morgan fingerprint density at radius 3 is 2.25 bits per heavy atom. The van der Waals surface area contributed by atoms with E-state index >= 15 is 0 Å². The molecule has 1 aromatic carbocycles. The first-order chi connectivity index (χ1) is 7.31. The van der Waals surface area contributed by atoms with E-state index in [1.807, 2.05) is 0 Å². The van der Waals surface area contributed by atoms with Crippen LogP contribution in [0.1, 0.15) is 11.6 Å². The standard InChI is InChI=1S/C9H11F2NO4/c10-9(11,3-13)8(12)4-1-2-5(14)7(16)6(4)15/h1-2,8,13-16H,3,12H2/t8-/m1/s1. The topological polar surface area (TPSA) is 107 Å². The van der Waals surface area contributed by atoms with Crippen LogP contribution in [0, 0.1) is 0 Å². The predicted molar refractivity (Wildman–Crippen MR) is 50.4 cm³/mol. The third-order valence-electron chi connectivity index (χ3n) is 2.16. The largest absolute Gasteiger partial charge is 0.504 e. The van der Waals surface area contributed by atoms with Crippen molar-refractivity contribution in [3.8, 4) is 17.2 Å². The average Bonchev–Trinajstić information content (AvgIpc) is 2.25. The molecule has 0 fully saturated rings. The van der Waals surface area contributed by atoms with Crippen molar-refractivity contribution in [2.24, 2.45) is 5.73 Å². The summed E-state index contributed by atoms with van der Waals surface area (Å²) in [5, 5.41) is 35.8. The number of hydrogen-bond acceptors (Lipinski definition) is 5. The zero-order chi connectivity index (χ0) is 12.5. The third kappa shape index (κ3) is 2.00. The summed E-state index contributed by atoms with van der Waals surface area (Å²) in [7, 11) is 0. The van der Waals surface area contributed by atoms with Crippen molar-refractivity contribution in [2.45, 2.75) is 12.0 Å². The van der Waals surface area contributed by atoms with E-state index < -0.39 is 41.4 Å². The first-order valence-corrected chi connectivity index (χ1v) is 4.29. The average molecular weight is 235 g/mol. The monoisotopic (exact) mass is 235 g/mol. The van der Waals surface area contributed by atoms with E-state index in [4.69, 9.17) is 21.1 Å². The molecule has 6 N–H and O–H groups in total. The summed E-state index contributed by atoms with van der Waals surface area (Å²) in [6, 6.07) is -0.125. The maximum Gasteiger partial charge on any atom is 0.289 e. The molecule has 0 bridgehead atoms. The van der Waals surface area contributed by atoms with Crippen molar-refractivity contribution < 1.29 is 29.2 Å². The fraction of sp³-hybridized carbons (Fsp3) is 0.333. The maximum atomic E-state index is 13.0. The van der Waals surface area contributed by atoms with Gasteiger partial charge < -0.3 is 26.2 Å². The van der Waals surface area contributed by atoms with Crippen molar-refractivity contribution in [1.82, 2.24) is 0 Å². The fourth-order valence-electron chi connectivity index (χ4n) is 1.16. The second-order valence-electron chi connectivity index (χ2n) is 3.27. The quantitative estimate of drug-likeness (QED) is 0.488. The van der Waals surface area contributed by atoms with Crippen molar-refractivity contribution in [3.05, 3.63) is 17.7 Å². The number of phenols is 3. The van der Waals surface area contributed by atoms with E-state index in [-0.39, 0.29) is 0 Å². The number of halogens is 2. The molecule has 7 heteroatoms. The number of aromatic hydroxyl groups is 3. The fourth-order valence-corrected chi connectivity index (χ4v) is 1.16. The van der Waals surface area contributed by atoms with E-state index in [2.05, 4.69) is 0 Å². The highest BCUT2D eigenvalue weighted by molar-refractivity contribution is 5.54. The van der Waals surface area contributed by atoms with Gasteiger partial charge in [0, 0.05) is 5.56 Å². The molecule has 0 unspecified atom stereocenters. The minimum absolute atomic E-state index is 0.464. The molecule has 16 heavy (non-hydrogen) atoms. The van der Waals surface area contributed by atoms with Gasteiger partial charge in [-0.2, -0.15) is 0 Å². The van der Waals surface area contributed by atoms with Crippen molar-refractivity contribution in [3.63, 3.8) is 0 Å². The molecule has 1 aromatic rings. The Morgan fingerprint density at radius 2 is 1.75 bits per heavy atom. The number of nitrogens with two attached hydrogens (primary N) is 1. The first kappa shape index (κ1) is 12.5. The summed E-state index contributed by atoms with van der Waals surface area (Å²) in [6.45, 7) is -1.49. The van der Waals surface area contributed by atoms with Crippen molar-refractivity contribution >= 4 is 0 Å². The zero-order valence-corrected chi connectivity index (χ0v) is 8.06. The predicted octanol–water partition coefficient (Wildman–Crippen LogP) is 0.431. The van der Waals surface area contributed by atoms with Crippen LogP contribution in [0.5, 0.6) is 17.2 Å². The summed E-state index contributed by atoms with van der Waals surface area (Å²) >= 11 is 0. The molecule has 0 saturated carbocycles. The lowest BCUT2D eigenvalue weighted by molar-refractivity contribution is -0.0716. The van der Waals surface area contributed by atoms with Gasteiger partial charge in [-0.25, -0.2) is 8.78 Å². The summed E-state index contributed by atoms with van der Waals surface area (Å²) < 4.78 is 26.0. The van der Waals surface area contributed by atoms with Gasteiger partial charge in [-0.05, 0) is 12.1 Å². The van der Waals surface area contributed by atoms with Gasteiger partial charge in [0.15, 0.2) is 11.5 Å². The molecule has 0 saturated heterocycles. The molecule has 0 aromatic heterocycles. The van der Waals surface area contributed by atoms with Crippen molar-refractivity contribution in [1.29, 1.82) is 0 Å². The van der Waals surface area contributed by atoms with Crippen LogP contribution in [0.25, 0.3) is 0 Å². The number of aliphatic hydroxyl groups excluding tert-OH is 1. The van der Waals surface area contributed by atoms with Crippen molar-refractivity contribution in [2.75, 3.05) is 6.61 Å². The number of rotatable bonds is 3. The molecule has 0 aliphatic rings. The lowest BCUT2D eigenvalue weighted by Gasteiger charge is -2.22. The number of benzene rings is 1. The van der Waals surface area contributed by atoms with Crippen LogP contribution in [0.15, 0.2) is 12.1 Å². The van der Waals surface area contributed by atoms with Gasteiger partial charge >= 0.3 is 0 Å². The molecule has 0 aliphatic carbocycles. The van der Waals surface area contributed by atoms with E-state index in [0.29, 0.717) is 0 Å². The van der Waals surface area contributed by atoms with Crippen LogP contribution >= 0.6 is 0 Å². The highest BCUT2D eigenvalue weighted by Gasteiger charge is 2.39. The smallest absolute Gasteiger partial charge is 0.289 e. The van der Waals surface area contributed by atoms with E-state index in [1.165, 1.54) is 0 Å². The molecule has 1 rings (SSSR count). The Kier molecular flexibility index (Phi) is 3.20. The van der Waals surface area contributed by atoms with Crippen LogP contribution in [-0.2, 0) is 0 Å². The van der Waals surface area contributed by atoms with Gasteiger partial charge in [-0.1, -0.05) is 0 Å². The molecule has 5 nitrogen and oxygen atoms in total. The highest BCUT2D eigenvalue weighted by atomic mass is 19.3. The summed E-state index contributed by atoms with van der Waals surface area (Å²) in [4.78, 5) is 0. The summed E-state index contributed by atoms with van der Waals surface area (Å²) in [5.41, 5.74) is 4.68. The maximum absolute atomic E-state index is 13.0. The van der Waals surface area contributed by atoms with Gasteiger partial charge in [0.1, 0.15) is 12.6 Å². The van der Waals surface area contributed by atoms with Gasteiger partial charge in [0.2, 0.25) is 5.75 Å². The van der Waals surface area contributed by atoms with E-state index in [0.717, 1.165) is 12.1 Å². The third-order valence-corrected chi connectivity index (χ3v) is 2.16. The molecule has 0 radical (unpaired) electrons. The minimum Gasteiger partial charge on any atom is -0.504 e. The number of alkyl halides is 2. The Hall–Kier alpha value is -1.60. The van der Waals surface area contributed by atoms with E-state index in [9.17, 15) is 13.9 Å². The molecule has 0 aliphatic heterocycles. The second kappa shape index (κ2) is 4.11. The van der Waals surface area contributed by atoms with Gasteiger partial charge in [-0.15, -0.1) is 0 Å². The Morgan fingerprint density at radius 1 is 1.19 bits per heavy atom. The lowest BCUT2D eigenvalue weighted by Crippen LogP contribution is -2.36. The Balaban J connectivity index is 3.20. The number of aliphatic hydroxyl groups is 1. The highest BCUT2D eigenvalue weighted by Crippen LogP contribution is 2.42. The Bertz CT molecular complexity index is 397. The van der Waals surface area contributed by atoms with Gasteiger partial charge in [-0.3, -0.25) is 0 Å². The summed E-state index contributed by atoms with van der Waals surface area (Å²) in [5.74, 6) is -6.15. The zero-order valence-electron chi connectivity index (χ0n) is 8.06. The van der Waals surface area contributed by atoms with Crippen LogP contribution < -0.4 is 5.73 Å². The number of phenolic OH excluding ortho intramolecular Hbond substituents is 3. The van der Waals surface area contributed by atoms with Crippen LogP contribution in [0.4, 0.5) is 8.78 Å². The first-order valence-electron chi connectivity index (χ1n) is 4.29. The molecule has 1 atom stereocenters. The summed E-state index contributed by atoms with van der Waals surface area (Å²) in [6.07, 6.45) is 0. The Labute approximate surface area is 89.4 Å². The second-order valence-corrected chi connectivity index (χ2v) is 3.27. The normalized spacial score (nSPS) is 13.8. The minimum atomic E-state index is -3.64. The SMILES string of the molecule is N[C@H](c1ccc(O)c(O)c1O)C(F)(F)CO. The van der Waals surface area contributed by atoms with Crippen LogP contribution in [0.2, 0.25) is 0 Å². The number of hydrogen-bond donors (Lipinski definition) is 5. The molecule has 0 spiro atoms. The van der Waals surface area contributed by atoms with Crippen LogP contribution in [0.3, 0.4) is 0 Å². The molecular formula is C9H11F2NO4. The van der Waals surface area contributed by atoms with E-state index in [1.54, 1.807) is 0 Å². The molecule has 90 valence electrons.